The van der Waals surface area contributed by atoms with E-state index in [1.807, 2.05) is 11.3 Å². The van der Waals surface area contributed by atoms with Gasteiger partial charge < -0.3 is 5.32 Å². The van der Waals surface area contributed by atoms with Crippen LogP contribution in [0.15, 0.2) is 15.9 Å². The lowest BCUT2D eigenvalue weighted by Crippen LogP contribution is -2.31. The van der Waals surface area contributed by atoms with E-state index in [0.717, 1.165) is 24.3 Å². The van der Waals surface area contributed by atoms with Crippen molar-refractivity contribution in [2.75, 3.05) is 13.1 Å². The Morgan fingerprint density at radius 3 is 2.58 bits per heavy atom. The van der Waals surface area contributed by atoms with Crippen molar-refractivity contribution in [2.24, 2.45) is 17.8 Å². The van der Waals surface area contributed by atoms with E-state index in [2.05, 4.69) is 47.2 Å². The van der Waals surface area contributed by atoms with Crippen LogP contribution in [0.5, 0.6) is 0 Å². The normalized spacial score (nSPS) is 18.3. The van der Waals surface area contributed by atoms with Gasteiger partial charge in [-0.1, -0.05) is 39.5 Å². The van der Waals surface area contributed by atoms with Crippen LogP contribution >= 0.6 is 27.3 Å². The van der Waals surface area contributed by atoms with Gasteiger partial charge in [-0.25, -0.2) is 0 Å². The highest BCUT2D eigenvalue weighted by atomic mass is 79.9. The Labute approximate surface area is 130 Å². The van der Waals surface area contributed by atoms with Gasteiger partial charge in [0.15, 0.2) is 0 Å². The average molecular weight is 344 g/mol. The van der Waals surface area contributed by atoms with Crippen LogP contribution in [-0.2, 0) is 6.42 Å². The highest BCUT2D eigenvalue weighted by molar-refractivity contribution is 9.11. The van der Waals surface area contributed by atoms with E-state index >= 15 is 0 Å². The molecule has 0 aromatic carbocycles. The Kier molecular flexibility index (Phi) is 6.37. The lowest BCUT2D eigenvalue weighted by molar-refractivity contribution is 0.317. The van der Waals surface area contributed by atoms with Crippen molar-refractivity contribution in [3.8, 4) is 0 Å². The molecule has 1 heterocycles. The monoisotopic (exact) mass is 343 g/mol. The molecule has 1 aliphatic carbocycles. The van der Waals surface area contributed by atoms with Gasteiger partial charge in [0.2, 0.25) is 0 Å². The van der Waals surface area contributed by atoms with Crippen molar-refractivity contribution in [3.63, 3.8) is 0 Å². The lowest BCUT2D eigenvalue weighted by Gasteiger charge is -2.24. The molecule has 1 aromatic rings. The molecule has 0 bridgehead atoms. The zero-order valence-corrected chi connectivity index (χ0v) is 14.5. The molecule has 1 fully saturated rings. The second-order valence-corrected chi connectivity index (χ2v) is 8.81. The Morgan fingerprint density at radius 1 is 1.26 bits per heavy atom. The molecule has 0 saturated heterocycles. The van der Waals surface area contributed by atoms with Gasteiger partial charge in [-0.2, -0.15) is 0 Å². The molecule has 0 aliphatic heterocycles. The molecule has 0 radical (unpaired) electrons. The van der Waals surface area contributed by atoms with E-state index in [-0.39, 0.29) is 0 Å². The van der Waals surface area contributed by atoms with Crippen LogP contribution in [-0.4, -0.2) is 13.1 Å². The second-order valence-electron chi connectivity index (χ2n) is 6.27. The van der Waals surface area contributed by atoms with Gasteiger partial charge in [-0.3, -0.25) is 0 Å². The van der Waals surface area contributed by atoms with Crippen molar-refractivity contribution in [1.29, 1.82) is 0 Å². The minimum Gasteiger partial charge on any atom is -0.316 e. The molecular weight excluding hydrogens is 318 g/mol. The van der Waals surface area contributed by atoms with Crippen molar-refractivity contribution in [1.82, 2.24) is 5.32 Å². The number of rotatable bonds is 7. The summed E-state index contributed by atoms with van der Waals surface area (Å²) in [6, 6.07) is 4.48. The van der Waals surface area contributed by atoms with E-state index in [4.69, 9.17) is 0 Å². The van der Waals surface area contributed by atoms with Crippen LogP contribution in [0.25, 0.3) is 0 Å². The van der Waals surface area contributed by atoms with Crippen LogP contribution in [0.1, 0.15) is 44.4 Å². The third kappa shape index (κ3) is 5.20. The number of hydrogen-bond donors (Lipinski definition) is 1. The fraction of sp³-hybridized carbons (Fsp3) is 0.750. The Hall–Kier alpha value is 0.140. The van der Waals surface area contributed by atoms with Gasteiger partial charge in [0.1, 0.15) is 0 Å². The third-order valence-corrected chi connectivity index (χ3v) is 5.76. The molecule has 1 nitrogen and oxygen atoms in total. The summed E-state index contributed by atoms with van der Waals surface area (Å²) >= 11 is 5.48. The molecule has 2 rings (SSSR count). The highest BCUT2D eigenvalue weighted by Crippen LogP contribution is 2.34. The minimum atomic E-state index is 0.750. The topological polar surface area (TPSA) is 12.0 Å². The average Bonchev–Trinajstić information content (AvgIpc) is 2.98. The fourth-order valence-electron chi connectivity index (χ4n) is 3.11. The first-order valence-electron chi connectivity index (χ1n) is 7.60. The Morgan fingerprint density at radius 2 is 2.00 bits per heavy atom. The highest BCUT2D eigenvalue weighted by Gasteiger charge is 2.25. The molecule has 1 N–H and O–H groups in total. The molecule has 108 valence electrons. The molecule has 1 atom stereocenters. The molecule has 1 saturated carbocycles. The van der Waals surface area contributed by atoms with Gasteiger partial charge in [0.05, 0.1) is 3.79 Å². The standard InChI is InChI=1S/C16H26BrNS/c1-12(2)10-18-11-14(13-5-3-4-6-13)9-15-7-8-16(17)19-15/h7-8,12-14,18H,3-6,9-11H2,1-2H3. The summed E-state index contributed by atoms with van der Waals surface area (Å²) in [6.45, 7) is 6.91. The summed E-state index contributed by atoms with van der Waals surface area (Å²) in [5.74, 6) is 2.52. The van der Waals surface area contributed by atoms with E-state index in [9.17, 15) is 0 Å². The smallest absolute Gasteiger partial charge is 0.0701 e. The van der Waals surface area contributed by atoms with E-state index in [1.165, 1.54) is 47.3 Å². The predicted molar refractivity (Wildman–Crippen MR) is 88.9 cm³/mol. The summed E-state index contributed by atoms with van der Waals surface area (Å²) in [5, 5.41) is 3.68. The van der Waals surface area contributed by atoms with Crippen molar-refractivity contribution >= 4 is 27.3 Å². The quantitative estimate of drug-likeness (QED) is 0.725. The van der Waals surface area contributed by atoms with E-state index in [1.54, 1.807) is 0 Å². The van der Waals surface area contributed by atoms with Crippen molar-refractivity contribution in [3.05, 3.63) is 20.8 Å². The first kappa shape index (κ1) is 15.5. The van der Waals surface area contributed by atoms with E-state index in [0.29, 0.717) is 0 Å². The molecule has 0 amide bonds. The molecular formula is C16H26BrNS. The first-order chi connectivity index (χ1) is 9.15. The lowest BCUT2D eigenvalue weighted by atomic mass is 9.87. The molecule has 1 aromatic heterocycles. The van der Waals surface area contributed by atoms with Gasteiger partial charge in [-0.05, 0) is 65.3 Å². The van der Waals surface area contributed by atoms with Crippen molar-refractivity contribution < 1.29 is 0 Å². The van der Waals surface area contributed by atoms with Crippen LogP contribution in [0.2, 0.25) is 0 Å². The van der Waals surface area contributed by atoms with Crippen molar-refractivity contribution in [2.45, 2.75) is 46.0 Å². The van der Waals surface area contributed by atoms with Gasteiger partial charge >= 0.3 is 0 Å². The zero-order chi connectivity index (χ0) is 13.7. The van der Waals surface area contributed by atoms with Gasteiger partial charge in [0, 0.05) is 4.88 Å². The second kappa shape index (κ2) is 7.80. The molecule has 3 heteroatoms. The summed E-state index contributed by atoms with van der Waals surface area (Å²) < 4.78 is 1.27. The summed E-state index contributed by atoms with van der Waals surface area (Å²) in [6.07, 6.45) is 7.03. The van der Waals surface area contributed by atoms with Gasteiger partial charge in [0.25, 0.3) is 0 Å². The molecule has 1 aliphatic rings. The van der Waals surface area contributed by atoms with Crippen LogP contribution in [0.4, 0.5) is 0 Å². The van der Waals surface area contributed by atoms with Gasteiger partial charge in [-0.15, -0.1) is 11.3 Å². The zero-order valence-electron chi connectivity index (χ0n) is 12.1. The third-order valence-electron chi connectivity index (χ3n) is 4.12. The van der Waals surface area contributed by atoms with Crippen LogP contribution in [0, 0.1) is 17.8 Å². The largest absolute Gasteiger partial charge is 0.316 e. The fourth-order valence-corrected chi connectivity index (χ4v) is 4.69. The number of nitrogens with one attached hydrogen (secondary N) is 1. The minimum absolute atomic E-state index is 0.750. The molecule has 1 unspecified atom stereocenters. The number of hydrogen-bond acceptors (Lipinski definition) is 2. The number of halogens is 1. The summed E-state index contributed by atoms with van der Waals surface area (Å²) in [7, 11) is 0. The Balaban J connectivity index is 1.89. The SMILES string of the molecule is CC(C)CNCC(Cc1ccc(Br)s1)C1CCCC1. The van der Waals surface area contributed by atoms with Crippen LogP contribution in [0.3, 0.4) is 0 Å². The van der Waals surface area contributed by atoms with Crippen LogP contribution < -0.4 is 5.32 Å². The summed E-state index contributed by atoms with van der Waals surface area (Å²) in [5.41, 5.74) is 0. The summed E-state index contributed by atoms with van der Waals surface area (Å²) in [4.78, 5) is 1.54. The first-order valence-corrected chi connectivity index (χ1v) is 9.21. The predicted octanol–water partition coefficient (Wildman–Crippen LogP) is 5.11. The maximum atomic E-state index is 3.68. The molecule has 0 spiro atoms. The maximum absolute atomic E-state index is 3.68. The van der Waals surface area contributed by atoms with E-state index < -0.39 is 0 Å². The Bertz CT molecular complexity index is 369. The maximum Gasteiger partial charge on any atom is 0.0701 e. The number of thiophene rings is 1. The molecule has 19 heavy (non-hydrogen) atoms.